The fourth-order valence-electron chi connectivity index (χ4n) is 2.05. The first-order valence-corrected chi connectivity index (χ1v) is 6.89. The lowest BCUT2D eigenvalue weighted by atomic mass is 10.1. The number of hydrogen-bond acceptors (Lipinski definition) is 3. The molecule has 19 heavy (non-hydrogen) atoms. The maximum atomic E-state index is 12.2. The maximum Gasteiger partial charge on any atom is 0.244 e. The summed E-state index contributed by atoms with van der Waals surface area (Å²) in [6.07, 6.45) is 1.55. The van der Waals surface area contributed by atoms with Crippen LogP contribution in [0.15, 0.2) is 0 Å². The molecule has 0 saturated carbocycles. The molecule has 0 aromatic carbocycles. The number of amides is 1. The molecule has 0 aliphatic rings. The van der Waals surface area contributed by atoms with Crippen LogP contribution in [0.4, 0.5) is 5.69 Å². The van der Waals surface area contributed by atoms with Crippen molar-refractivity contribution in [3.8, 4) is 0 Å². The van der Waals surface area contributed by atoms with Crippen molar-refractivity contribution in [1.29, 1.82) is 0 Å². The van der Waals surface area contributed by atoms with Gasteiger partial charge in [0.1, 0.15) is 6.04 Å². The van der Waals surface area contributed by atoms with Gasteiger partial charge in [-0.3, -0.25) is 9.48 Å². The van der Waals surface area contributed by atoms with Gasteiger partial charge in [-0.05, 0) is 40.5 Å². The van der Waals surface area contributed by atoms with Crippen LogP contribution in [0.2, 0.25) is 0 Å². The fraction of sp³-hybridized carbons (Fsp3) is 0.714. The van der Waals surface area contributed by atoms with Crippen LogP contribution in [-0.2, 0) is 17.6 Å². The van der Waals surface area contributed by atoms with Gasteiger partial charge in [0.05, 0.1) is 17.1 Å². The molecule has 0 fully saturated rings. The Balaban J connectivity index is 3.05. The van der Waals surface area contributed by atoms with Gasteiger partial charge in [-0.1, -0.05) is 13.8 Å². The lowest BCUT2D eigenvalue weighted by Crippen LogP contribution is -2.44. The number of hydrogen-bond donors (Lipinski definition) is 2. The number of nitrogens with one attached hydrogen (secondary N) is 1. The van der Waals surface area contributed by atoms with E-state index in [1.807, 2.05) is 41.5 Å². The zero-order chi connectivity index (χ0) is 14.8. The minimum atomic E-state index is -0.350. The summed E-state index contributed by atoms with van der Waals surface area (Å²) in [6, 6.07) is -0.350. The molecule has 5 nitrogen and oxygen atoms in total. The van der Waals surface area contributed by atoms with Crippen molar-refractivity contribution in [3.63, 3.8) is 0 Å². The van der Waals surface area contributed by atoms with E-state index in [0.717, 1.165) is 29.9 Å². The van der Waals surface area contributed by atoms with E-state index in [1.165, 1.54) is 0 Å². The quantitative estimate of drug-likeness (QED) is 0.876. The summed E-state index contributed by atoms with van der Waals surface area (Å²) >= 11 is 0. The average molecular weight is 266 g/mol. The number of anilines is 1. The Morgan fingerprint density at radius 1 is 1.37 bits per heavy atom. The molecule has 1 aromatic rings. The molecule has 3 N–H and O–H groups in total. The van der Waals surface area contributed by atoms with Crippen molar-refractivity contribution in [1.82, 2.24) is 15.1 Å². The van der Waals surface area contributed by atoms with Gasteiger partial charge < -0.3 is 11.1 Å². The fourth-order valence-corrected chi connectivity index (χ4v) is 2.05. The Hall–Kier alpha value is -1.52. The van der Waals surface area contributed by atoms with Crippen molar-refractivity contribution in [2.45, 2.75) is 66.0 Å². The molecule has 1 rings (SSSR count). The van der Waals surface area contributed by atoms with Crippen molar-refractivity contribution in [2.24, 2.45) is 0 Å². The predicted molar refractivity (Wildman–Crippen MR) is 78.0 cm³/mol. The van der Waals surface area contributed by atoms with Gasteiger partial charge in [0.15, 0.2) is 0 Å². The zero-order valence-electron chi connectivity index (χ0n) is 12.9. The van der Waals surface area contributed by atoms with Crippen molar-refractivity contribution in [2.75, 3.05) is 5.73 Å². The second kappa shape index (κ2) is 5.63. The van der Waals surface area contributed by atoms with Gasteiger partial charge in [0.25, 0.3) is 0 Å². The van der Waals surface area contributed by atoms with E-state index in [9.17, 15) is 4.79 Å². The average Bonchev–Trinajstić information content (AvgIpc) is 2.62. The van der Waals surface area contributed by atoms with E-state index in [1.54, 1.807) is 4.68 Å². The Kier molecular flexibility index (Phi) is 4.61. The molecule has 0 radical (unpaired) electrons. The van der Waals surface area contributed by atoms with Crippen LogP contribution < -0.4 is 11.1 Å². The highest BCUT2D eigenvalue weighted by atomic mass is 16.2. The lowest BCUT2D eigenvalue weighted by Gasteiger charge is -2.24. The summed E-state index contributed by atoms with van der Waals surface area (Å²) in [6.45, 7) is 11.8. The molecule has 0 saturated heterocycles. The minimum Gasteiger partial charge on any atom is -0.396 e. The first kappa shape index (κ1) is 15.5. The first-order valence-electron chi connectivity index (χ1n) is 6.89. The van der Waals surface area contributed by atoms with E-state index in [2.05, 4.69) is 10.4 Å². The number of aryl methyl sites for hydroxylation is 1. The number of rotatable bonds is 4. The van der Waals surface area contributed by atoms with Crippen LogP contribution >= 0.6 is 0 Å². The highest BCUT2D eigenvalue weighted by Crippen LogP contribution is 2.22. The maximum absolute atomic E-state index is 12.2. The van der Waals surface area contributed by atoms with Crippen molar-refractivity contribution in [3.05, 3.63) is 11.4 Å². The van der Waals surface area contributed by atoms with E-state index >= 15 is 0 Å². The molecule has 1 unspecified atom stereocenters. The Morgan fingerprint density at radius 2 is 1.95 bits per heavy atom. The molecule has 108 valence electrons. The SMILES string of the molecule is CCc1nn(C(C)C(=O)NC(C)(C)C)c(CC)c1N. The van der Waals surface area contributed by atoms with E-state index < -0.39 is 0 Å². The predicted octanol–water partition coefficient (Wildman–Crippen LogP) is 2.07. The summed E-state index contributed by atoms with van der Waals surface area (Å²) < 4.78 is 1.76. The molecule has 1 amide bonds. The number of carbonyl (C=O) groups excluding carboxylic acids is 1. The third-order valence-corrected chi connectivity index (χ3v) is 3.04. The molecule has 0 spiro atoms. The summed E-state index contributed by atoms with van der Waals surface area (Å²) in [5.74, 6) is -0.0349. The van der Waals surface area contributed by atoms with Gasteiger partial charge in [0, 0.05) is 5.54 Å². The molecule has 0 aliphatic carbocycles. The highest BCUT2D eigenvalue weighted by Gasteiger charge is 2.24. The van der Waals surface area contributed by atoms with Crippen LogP contribution in [0, 0.1) is 0 Å². The molecular weight excluding hydrogens is 240 g/mol. The van der Waals surface area contributed by atoms with E-state index in [0.29, 0.717) is 0 Å². The number of nitrogens with two attached hydrogens (primary N) is 1. The lowest BCUT2D eigenvalue weighted by molar-refractivity contribution is -0.125. The molecule has 0 bridgehead atoms. The molecule has 1 atom stereocenters. The van der Waals surface area contributed by atoms with E-state index in [4.69, 9.17) is 5.73 Å². The van der Waals surface area contributed by atoms with Crippen molar-refractivity contribution < 1.29 is 4.79 Å². The molecule has 0 aliphatic heterocycles. The monoisotopic (exact) mass is 266 g/mol. The second-order valence-electron chi connectivity index (χ2n) is 5.87. The van der Waals surface area contributed by atoms with Crippen LogP contribution in [0.3, 0.4) is 0 Å². The van der Waals surface area contributed by atoms with Gasteiger partial charge >= 0.3 is 0 Å². The Bertz CT molecular complexity index is 457. The number of aromatic nitrogens is 2. The van der Waals surface area contributed by atoms with Crippen LogP contribution in [0.1, 0.15) is 59.0 Å². The smallest absolute Gasteiger partial charge is 0.244 e. The summed E-state index contributed by atoms with van der Waals surface area (Å²) in [7, 11) is 0. The number of nitrogens with zero attached hydrogens (tertiary/aromatic N) is 2. The van der Waals surface area contributed by atoms with Crippen molar-refractivity contribution >= 4 is 11.6 Å². The second-order valence-corrected chi connectivity index (χ2v) is 5.87. The molecule has 1 heterocycles. The van der Waals surface area contributed by atoms with Crippen LogP contribution in [-0.4, -0.2) is 21.2 Å². The summed E-state index contributed by atoms with van der Waals surface area (Å²) in [4.78, 5) is 12.2. The summed E-state index contributed by atoms with van der Waals surface area (Å²) in [5.41, 5.74) is 8.36. The molecular formula is C14H26N4O. The summed E-state index contributed by atoms with van der Waals surface area (Å²) in [5, 5.41) is 7.46. The Morgan fingerprint density at radius 3 is 2.37 bits per heavy atom. The standard InChI is InChI=1S/C14H26N4O/c1-7-10-12(15)11(8-2)18(17-10)9(3)13(19)16-14(4,5)6/h9H,7-8,15H2,1-6H3,(H,16,19). The highest BCUT2D eigenvalue weighted by molar-refractivity contribution is 5.80. The van der Waals surface area contributed by atoms with Gasteiger partial charge in [-0.25, -0.2) is 0 Å². The van der Waals surface area contributed by atoms with Gasteiger partial charge in [-0.15, -0.1) is 0 Å². The van der Waals surface area contributed by atoms with Gasteiger partial charge in [0.2, 0.25) is 5.91 Å². The van der Waals surface area contributed by atoms with Crippen LogP contribution in [0.5, 0.6) is 0 Å². The third kappa shape index (κ3) is 3.49. The first-order chi connectivity index (χ1) is 8.71. The normalized spacial score (nSPS) is 13.4. The number of nitrogen functional groups attached to an aromatic ring is 1. The molecule has 5 heteroatoms. The largest absolute Gasteiger partial charge is 0.396 e. The van der Waals surface area contributed by atoms with E-state index in [-0.39, 0.29) is 17.5 Å². The van der Waals surface area contributed by atoms with Crippen LogP contribution in [0.25, 0.3) is 0 Å². The topological polar surface area (TPSA) is 72.9 Å². The number of carbonyl (C=O) groups is 1. The zero-order valence-corrected chi connectivity index (χ0v) is 12.9. The molecule has 1 aromatic heterocycles. The van der Waals surface area contributed by atoms with Gasteiger partial charge in [-0.2, -0.15) is 5.10 Å². The minimum absolute atomic E-state index is 0.0349. The Labute approximate surface area is 115 Å². The third-order valence-electron chi connectivity index (χ3n) is 3.04.